The summed E-state index contributed by atoms with van der Waals surface area (Å²) < 4.78 is 0. The van der Waals surface area contributed by atoms with E-state index in [9.17, 15) is 4.79 Å². The van der Waals surface area contributed by atoms with Crippen molar-refractivity contribution in [1.29, 1.82) is 0 Å². The number of aromatic nitrogens is 1. The van der Waals surface area contributed by atoms with Gasteiger partial charge in [-0.2, -0.15) is 0 Å². The van der Waals surface area contributed by atoms with Crippen molar-refractivity contribution in [1.82, 2.24) is 4.98 Å². The fraction of sp³-hybridized carbons (Fsp3) is 0.412. The van der Waals surface area contributed by atoms with Gasteiger partial charge in [0, 0.05) is 10.8 Å². The fourth-order valence-corrected chi connectivity index (χ4v) is 3.90. The molecule has 0 bridgehead atoms. The topological polar surface area (TPSA) is 42.0 Å². The average Bonchev–Trinajstić information content (AvgIpc) is 3.03. The zero-order chi connectivity index (χ0) is 17.3. The van der Waals surface area contributed by atoms with Gasteiger partial charge in [0.15, 0.2) is 5.13 Å². The molecule has 0 aliphatic heterocycles. The highest BCUT2D eigenvalue weighted by molar-refractivity contribution is 7.15. The zero-order valence-corrected chi connectivity index (χ0v) is 17.0. The molecule has 0 aliphatic carbocycles. The number of nitrogens with one attached hydrogen (secondary N) is 1. The summed E-state index contributed by atoms with van der Waals surface area (Å²) in [5.74, 6) is 3.07. The third kappa shape index (κ3) is 5.31. The van der Waals surface area contributed by atoms with Gasteiger partial charge in [-0.3, -0.25) is 10.1 Å². The number of thiazole rings is 1. The molecule has 122 valence electrons. The number of amides is 1. The molecule has 23 heavy (non-hydrogen) atoms. The van der Waals surface area contributed by atoms with Crippen molar-refractivity contribution in [2.45, 2.75) is 45.8 Å². The van der Waals surface area contributed by atoms with Crippen LogP contribution in [0, 0.1) is 11.5 Å². The van der Waals surface area contributed by atoms with Crippen LogP contribution >= 0.6 is 22.7 Å². The molecule has 6 heteroatoms. The Hall–Kier alpha value is -1.42. The molecule has 0 aromatic carbocycles. The Morgan fingerprint density at radius 1 is 1.26 bits per heavy atom. The van der Waals surface area contributed by atoms with E-state index in [4.69, 9.17) is 0 Å². The first-order valence-electron chi connectivity index (χ1n) is 7.45. The van der Waals surface area contributed by atoms with Crippen LogP contribution in [0.5, 0.6) is 0 Å². The minimum atomic E-state index is -1.40. The second-order valence-corrected chi connectivity index (χ2v) is 14.1. The molecular weight excluding hydrogens is 340 g/mol. The van der Waals surface area contributed by atoms with E-state index in [1.54, 1.807) is 0 Å². The Morgan fingerprint density at radius 3 is 2.52 bits per heavy atom. The van der Waals surface area contributed by atoms with Crippen molar-refractivity contribution in [3.05, 3.63) is 33.0 Å². The maximum atomic E-state index is 12.3. The molecule has 0 saturated heterocycles. The first-order chi connectivity index (χ1) is 10.5. The molecule has 0 unspecified atom stereocenters. The third-order valence-electron chi connectivity index (χ3n) is 2.88. The van der Waals surface area contributed by atoms with E-state index in [1.807, 2.05) is 17.5 Å². The SMILES string of the molecule is CC(C)(C)c1csc(NC(=O)c2ccc(C#C[Si](C)(C)C)s2)n1. The Bertz CT molecular complexity index is 767. The summed E-state index contributed by atoms with van der Waals surface area (Å²) in [6.45, 7) is 12.9. The van der Waals surface area contributed by atoms with E-state index in [-0.39, 0.29) is 11.3 Å². The van der Waals surface area contributed by atoms with Gasteiger partial charge < -0.3 is 0 Å². The van der Waals surface area contributed by atoms with Gasteiger partial charge in [-0.05, 0) is 12.1 Å². The van der Waals surface area contributed by atoms with E-state index in [0.717, 1.165) is 10.6 Å². The van der Waals surface area contributed by atoms with Crippen molar-refractivity contribution >= 4 is 41.8 Å². The number of hydrogen-bond donors (Lipinski definition) is 1. The molecule has 1 N–H and O–H groups in total. The van der Waals surface area contributed by atoms with Crippen LogP contribution in [0.1, 0.15) is 41.0 Å². The second-order valence-electron chi connectivity index (χ2n) is 7.41. The van der Waals surface area contributed by atoms with E-state index in [1.165, 1.54) is 22.7 Å². The van der Waals surface area contributed by atoms with Gasteiger partial charge in [0.1, 0.15) is 8.07 Å². The van der Waals surface area contributed by atoms with Crippen LogP contribution in [0.2, 0.25) is 19.6 Å². The summed E-state index contributed by atoms with van der Waals surface area (Å²) in [4.78, 5) is 18.4. The average molecular weight is 363 g/mol. The van der Waals surface area contributed by atoms with Crippen LogP contribution < -0.4 is 5.32 Å². The van der Waals surface area contributed by atoms with Gasteiger partial charge in [-0.15, -0.1) is 28.2 Å². The van der Waals surface area contributed by atoms with Crippen molar-refractivity contribution in [2.24, 2.45) is 0 Å². The first-order valence-corrected chi connectivity index (χ1v) is 12.6. The Morgan fingerprint density at radius 2 is 1.96 bits per heavy atom. The van der Waals surface area contributed by atoms with Crippen LogP contribution in [0.15, 0.2) is 17.5 Å². The Labute approximate surface area is 147 Å². The second kappa shape index (κ2) is 6.60. The Balaban J connectivity index is 2.08. The lowest BCUT2D eigenvalue weighted by atomic mass is 9.93. The Kier molecular flexibility index (Phi) is 5.14. The molecule has 0 spiro atoms. The summed E-state index contributed by atoms with van der Waals surface area (Å²) in [5.41, 5.74) is 4.30. The first kappa shape index (κ1) is 17.9. The van der Waals surface area contributed by atoms with E-state index >= 15 is 0 Å². The monoisotopic (exact) mass is 362 g/mol. The lowest BCUT2D eigenvalue weighted by Crippen LogP contribution is -2.16. The van der Waals surface area contributed by atoms with Crippen LogP contribution in [0.3, 0.4) is 0 Å². The third-order valence-corrected chi connectivity index (χ3v) is 5.52. The molecule has 0 radical (unpaired) electrons. The highest BCUT2D eigenvalue weighted by atomic mass is 32.1. The van der Waals surface area contributed by atoms with Gasteiger partial charge in [0.05, 0.1) is 15.4 Å². The van der Waals surface area contributed by atoms with Crippen molar-refractivity contribution in [2.75, 3.05) is 5.32 Å². The number of anilines is 1. The van der Waals surface area contributed by atoms with Crippen molar-refractivity contribution < 1.29 is 4.79 Å². The largest absolute Gasteiger partial charge is 0.297 e. The predicted octanol–water partition coefficient (Wildman–Crippen LogP) is 4.98. The molecule has 2 heterocycles. The van der Waals surface area contributed by atoms with Crippen LogP contribution in [0.25, 0.3) is 0 Å². The minimum Gasteiger partial charge on any atom is -0.297 e. The van der Waals surface area contributed by atoms with Gasteiger partial charge in [-0.1, -0.05) is 46.3 Å². The summed E-state index contributed by atoms with van der Waals surface area (Å²) >= 11 is 2.89. The molecule has 3 nitrogen and oxygen atoms in total. The summed E-state index contributed by atoms with van der Waals surface area (Å²) in [6, 6.07) is 3.74. The molecule has 2 aromatic heterocycles. The van der Waals surface area contributed by atoms with E-state index in [0.29, 0.717) is 10.0 Å². The molecule has 0 aliphatic rings. The molecule has 2 aromatic rings. The smallest absolute Gasteiger partial charge is 0.267 e. The number of rotatable bonds is 2. The van der Waals surface area contributed by atoms with Crippen molar-refractivity contribution in [3.8, 4) is 11.5 Å². The van der Waals surface area contributed by atoms with E-state index in [2.05, 4.69) is 62.2 Å². The summed E-state index contributed by atoms with van der Waals surface area (Å²) in [6.07, 6.45) is 0. The molecule has 2 rings (SSSR count). The van der Waals surface area contributed by atoms with E-state index < -0.39 is 8.07 Å². The minimum absolute atomic E-state index is 0.0119. The number of carbonyl (C=O) groups is 1. The molecular formula is C17H22N2OS2Si. The van der Waals surface area contributed by atoms with Crippen molar-refractivity contribution in [3.63, 3.8) is 0 Å². The number of nitrogens with zero attached hydrogens (tertiary/aromatic N) is 1. The zero-order valence-electron chi connectivity index (χ0n) is 14.4. The van der Waals surface area contributed by atoms with Gasteiger partial charge in [0.2, 0.25) is 0 Å². The maximum absolute atomic E-state index is 12.3. The number of carbonyl (C=O) groups excluding carboxylic acids is 1. The highest BCUT2D eigenvalue weighted by Gasteiger charge is 2.18. The standard InChI is InChI=1S/C17H22N2OS2Si/c1-17(2,3)14-11-21-16(18-14)19-15(20)13-8-7-12(22-13)9-10-23(4,5)6/h7-8,11H,1-6H3,(H,18,19,20). The van der Waals surface area contributed by atoms with Gasteiger partial charge in [-0.25, -0.2) is 4.98 Å². The molecule has 0 saturated carbocycles. The highest BCUT2D eigenvalue weighted by Crippen LogP contribution is 2.27. The molecule has 0 atom stereocenters. The van der Waals surface area contributed by atoms with Gasteiger partial charge in [0.25, 0.3) is 5.91 Å². The molecule has 0 fully saturated rings. The quantitative estimate of drug-likeness (QED) is 0.604. The summed E-state index contributed by atoms with van der Waals surface area (Å²) in [5, 5.41) is 5.51. The number of hydrogen-bond acceptors (Lipinski definition) is 4. The lowest BCUT2D eigenvalue weighted by Gasteiger charge is -2.14. The normalized spacial score (nSPS) is 11.7. The predicted molar refractivity (Wildman–Crippen MR) is 103 cm³/mol. The molecule has 1 amide bonds. The van der Waals surface area contributed by atoms with Crippen LogP contribution in [0.4, 0.5) is 5.13 Å². The summed E-state index contributed by atoms with van der Waals surface area (Å²) in [7, 11) is -1.40. The number of thiophene rings is 1. The lowest BCUT2D eigenvalue weighted by molar-refractivity contribution is 0.103. The van der Waals surface area contributed by atoms with Gasteiger partial charge >= 0.3 is 0 Å². The van der Waals surface area contributed by atoms with Crippen LogP contribution in [-0.2, 0) is 5.41 Å². The maximum Gasteiger partial charge on any atom is 0.267 e. The fourth-order valence-electron chi connectivity index (χ4n) is 1.61. The van der Waals surface area contributed by atoms with Crippen LogP contribution in [-0.4, -0.2) is 19.0 Å².